The van der Waals surface area contributed by atoms with Crippen LogP contribution in [0, 0.1) is 6.92 Å². The fourth-order valence-corrected chi connectivity index (χ4v) is 3.10. The predicted molar refractivity (Wildman–Crippen MR) is 105 cm³/mol. The van der Waals surface area contributed by atoms with E-state index >= 15 is 0 Å². The van der Waals surface area contributed by atoms with Crippen LogP contribution in [0.1, 0.15) is 10.6 Å². The Morgan fingerprint density at radius 2 is 2.07 bits per heavy atom. The fraction of sp³-hybridized carbons (Fsp3) is 0.222. The summed E-state index contributed by atoms with van der Waals surface area (Å²) in [4.78, 5) is 25.6. The summed E-state index contributed by atoms with van der Waals surface area (Å²) in [6, 6.07) is 9.26. The molecule has 3 aromatic rings. The minimum atomic E-state index is -0.337. The molecule has 0 unspecified atom stereocenters. The molecule has 0 aliphatic carbocycles. The first-order valence-corrected chi connectivity index (χ1v) is 9.20. The maximum absolute atomic E-state index is 11.5. The summed E-state index contributed by atoms with van der Waals surface area (Å²) < 4.78 is 0. The summed E-state index contributed by atoms with van der Waals surface area (Å²) in [7, 11) is 0. The Morgan fingerprint density at radius 3 is 2.89 bits per heavy atom. The number of hydrogen-bond acceptors (Lipinski definition) is 7. The average Bonchev–Trinajstić information content (AvgIpc) is 3.14. The van der Waals surface area contributed by atoms with Gasteiger partial charge >= 0.3 is 6.03 Å². The van der Waals surface area contributed by atoms with Gasteiger partial charge in [0.15, 0.2) is 0 Å². The van der Waals surface area contributed by atoms with Gasteiger partial charge in [0.1, 0.15) is 16.6 Å². The Balaban J connectivity index is 1.65. The van der Waals surface area contributed by atoms with Gasteiger partial charge in [0.25, 0.3) is 0 Å². The third-order valence-corrected chi connectivity index (χ3v) is 4.54. The molecule has 8 nitrogen and oxygen atoms in total. The molecule has 2 amide bonds. The molecule has 0 atom stereocenters. The van der Waals surface area contributed by atoms with Gasteiger partial charge in [-0.25, -0.2) is 19.7 Å². The molecule has 0 fully saturated rings. The quantitative estimate of drug-likeness (QED) is 0.498. The molecule has 3 heterocycles. The van der Waals surface area contributed by atoms with Gasteiger partial charge in [0, 0.05) is 18.9 Å². The molecule has 0 saturated heterocycles. The van der Waals surface area contributed by atoms with Crippen LogP contribution in [0.3, 0.4) is 0 Å². The highest BCUT2D eigenvalue weighted by molar-refractivity contribution is 7.15. The van der Waals surface area contributed by atoms with Crippen LogP contribution < -0.4 is 16.0 Å². The second-order valence-electron chi connectivity index (χ2n) is 5.70. The lowest BCUT2D eigenvalue weighted by molar-refractivity contribution is 0.234. The summed E-state index contributed by atoms with van der Waals surface area (Å²) >= 11 is 1.46. The first kappa shape index (κ1) is 18.7. The van der Waals surface area contributed by atoms with Crippen LogP contribution in [0.25, 0.3) is 10.6 Å². The van der Waals surface area contributed by atoms with Crippen molar-refractivity contribution >= 4 is 29.0 Å². The van der Waals surface area contributed by atoms with Crippen LogP contribution in [0.15, 0.2) is 42.7 Å². The SMILES string of the molecule is Cc1ccnc(Nc2cccc(-c3cnc(CNC(=O)NCCO)s3)n2)c1. The number of aliphatic hydroxyl groups excluding tert-OH is 1. The normalized spacial score (nSPS) is 10.4. The van der Waals surface area contributed by atoms with Crippen LogP contribution in [-0.4, -0.2) is 39.2 Å². The summed E-state index contributed by atoms with van der Waals surface area (Å²) in [6.07, 6.45) is 3.49. The smallest absolute Gasteiger partial charge is 0.315 e. The third kappa shape index (κ3) is 5.47. The summed E-state index contributed by atoms with van der Waals surface area (Å²) in [6.45, 7) is 2.44. The van der Waals surface area contributed by atoms with E-state index in [1.165, 1.54) is 11.3 Å². The number of aromatic nitrogens is 3. The number of aryl methyl sites for hydroxylation is 1. The van der Waals surface area contributed by atoms with Gasteiger partial charge in [-0.05, 0) is 36.8 Å². The molecular formula is C18H20N6O2S. The lowest BCUT2D eigenvalue weighted by atomic mass is 10.3. The molecular weight excluding hydrogens is 364 g/mol. The molecule has 3 aromatic heterocycles. The third-order valence-electron chi connectivity index (χ3n) is 3.52. The van der Waals surface area contributed by atoms with E-state index in [1.54, 1.807) is 12.4 Å². The van der Waals surface area contributed by atoms with Crippen molar-refractivity contribution in [3.05, 3.63) is 53.3 Å². The lowest BCUT2D eigenvalue weighted by Gasteiger charge is -2.06. The number of amides is 2. The Hall–Kier alpha value is -3.04. The van der Waals surface area contributed by atoms with Crippen molar-refractivity contribution in [2.45, 2.75) is 13.5 Å². The van der Waals surface area contributed by atoms with Gasteiger partial charge in [0.05, 0.1) is 23.7 Å². The van der Waals surface area contributed by atoms with E-state index < -0.39 is 0 Å². The summed E-state index contributed by atoms with van der Waals surface area (Å²) in [5.74, 6) is 1.43. The van der Waals surface area contributed by atoms with Crippen molar-refractivity contribution in [3.8, 4) is 10.6 Å². The van der Waals surface area contributed by atoms with Crippen molar-refractivity contribution in [1.82, 2.24) is 25.6 Å². The number of anilines is 2. The van der Waals surface area contributed by atoms with Gasteiger partial charge in [-0.1, -0.05) is 6.07 Å². The highest BCUT2D eigenvalue weighted by Crippen LogP contribution is 2.26. The highest BCUT2D eigenvalue weighted by atomic mass is 32.1. The Morgan fingerprint density at radius 1 is 1.19 bits per heavy atom. The zero-order valence-electron chi connectivity index (χ0n) is 14.8. The van der Waals surface area contributed by atoms with E-state index in [1.807, 2.05) is 37.3 Å². The number of pyridine rings is 2. The minimum Gasteiger partial charge on any atom is -0.395 e. The number of carbonyl (C=O) groups is 1. The molecule has 0 saturated carbocycles. The number of urea groups is 1. The number of rotatable bonds is 7. The van der Waals surface area contributed by atoms with E-state index in [2.05, 4.69) is 30.9 Å². The van der Waals surface area contributed by atoms with Crippen molar-refractivity contribution in [2.24, 2.45) is 0 Å². The highest BCUT2D eigenvalue weighted by Gasteiger charge is 2.08. The van der Waals surface area contributed by atoms with Crippen molar-refractivity contribution in [2.75, 3.05) is 18.5 Å². The number of carbonyl (C=O) groups excluding carboxylic acids is 1. The van der Waals surface area contributed by atoms with Gasteiger partial charge in [-0.2, -0.15) is 0 Å². The summed E-state index contributed by atoms with van der Waals surface area (Å²) in [5, 5.41) is 17.9. The largest absolute Gasteiger partial charge is 0.395 e. The molecule has 140 valence electrons. The van der Waals surface area contributed by atoms with Crippen LogP contribution in [0.5, 0.6) is 0 Å². The van der Waals surface area contributed by atoms with Crippen molar-refractivity contribution in [1.29, 1.82) is 0 Å². The molecule has 4 N–H and O–H groups in total. The minimum absolute atomic E-state index is 0.0943. The molecule has 0 radical (unpaired) electrons. The molecule has 27 heavy (non-hydrogen) atoms. The second-order valence-corrected chi connectivity index (χ2v) is 6.82. The molecule has 0 spiro atoms. The van der Waals surface area contributed by atoms with Gasteiger partial charge in [-0.15, -0.1) is 11.3 Å². The topological polar surface area (TPSA) is 112 Å². The zero-order chi connectivity index (χ0) is 19.1. The molecule has 0 bridgehead atoms. The Bertz CT molecular complexity index is 914. The van der Waals surface area contributed by atoms with Gasteiger partial charge < -0.3 is 21.1 Å². The molecule has 0 aliphatic rings. The van der Waals surface area contributed by atoms with E-state index in [4.69, 9.17) is 5.11 Å². The molecule has 9 heteroatoms. The monoisotopic (exact) mass is 384 g/mol. The van der Waals surface area contributed by atoms with Crippen molar-refractivity contribution in [3.63, 3.8) is 0 Å². The number of nitrogens with zero attached hydrogens (tertiary/aromatic N) is 3. The van der Waals surface area contributed by atoms with E-state index in [0.717, 1.165) is 27.0 Å². The lowest BCUT2D eigenvalue weighted by Crippen LogP contribution is -2.36. The van der Waals surface area contributed by atoms with E-state index in [-0.39, 0.29) is 19.2 Å². The molecule has 3 rings (SSSR count). The first-order chi connectivity index (χ1) is 13.1. The fourth-order valence-electron chi connectivity index (χ4n) is 2.28. The predicted octanol–water partition coefficient (Wildman–Crippen LogP) is 2.44. The molecule has 0 aliphatic heterocycles. The Kier molecular flexibility index (Phi) is 6.29. The van der Waals surface area contributed by atoms with Crippen LogP contribution >= 0.6 is 11.3 Å². The standard InChI is InChI=1S/C18H20N6O2S/c1-12-5-6-19-16(9-12)24-15-4-2-3-13(23-15)14-10-21-17(27-14)11-22-18(26)20-7-8-25/h2-6,9-10,25H,7-8,11H2,1H3,(H,19,23,24)(H2,20,22,26). The number of aliphatic hydroxyl groups is 1. The van der Waals surface area contributed by atoms with Gasteiger partial charge in [-0.3, -0.25) is 0 Å². The van der Waals surface area contributed by atoms with Crippen molar-refractivity contribution < 1.29 is 9.90 Å². The number of thiazole rings is 1. The Labute approximate surface area is 160 Å². The molecule has 0 aromatic carbocycles. The maximum Gasteiger partial charge on any atom is 0.315 e. The van der Waals surface area contributed by atoms with Crippen LogP contribution in [0.2, 0.25) is 0 Å². The second kappa shape index (κ2) is 9.06. The van der Waals surface area contributed by atoms with Gasteiger partial charge in [0.2, 0.25) is 0 Å². The maximum atomic E-state index is 11.5. The summed E-state index contributed by atoms with van der Waals surface area (Å²) in [5.41, 5.74) is 1.91. The number of hydrogen-bond donors (Lipinski definition) is 4. The van der Waals surface area contributed by atoms with Crippen LogP contribution in [0.4, 0.5) is 16.4 Å². The van der Waals surface area contributed by atoms with E-state index in [0.29, 0.717) is 12.4 Å². The van der Waals surface area contributed by atoms with E-state index in [9.17, 15) is 4.79 Å². The zero-order valence-corrected chi connectivity index (χ0v) is 15.6. The number of nitrogens with one attached hydrogen (secondary N) is 3. The van der Waals surface area contributed by atoms with Crippen LogP contribution in [-0.2, 0) is 6.54 Å². The average molecular weight is 384 g/mol. The first-order valence-electron chi connectivity index (χ1n) is 8.38.